The topological polar surface area (TPSA) is 20.3 Å². The summed E-state index contributed by atoms with van der Waals surface area (Å²) < 4.78 is 0. The molecule has 18 heavy (non-hydrogen) atoms. The first-order chi connectivity index (χ1) is 8.61. The third-order valence-electron chi connectivity index (χ3n) is 3.70. The van der Waals surface area contributed by atoms with E-state index in [0.29, 0.717) is 10.7 Å². The first-order valence-electron chi connectivity index (χ1n) is 6.64. The second kappa shape index (κ2) is 5.87. The number of hydrogen-bond acceptors (Lipinski definition) is 1. The molecule has 3 heteroatoms. The molecule has 1 amide bonds. The van der Waals surface area contributed by atoms with Crippen molar-refractivity contribution in [1.29, 1.82) is 0 Å². The number of aryl methyl sites for hydroxylation is 1. The van der Waals surface area contributed by atoms with Crippen molar-refractivity contribution in [2.45, 2.75) is 31.5 Å². The van der Waals surface area contributed by atoms with Crippen LogP contribution in [-0.4, -0.2) is 28.7 Å². The standard InChI is InChI=1S/C15H20BrNO/c1-3-12-4-6-13(7-5-12)15(18)17-9-8-14(16)11(2)10-17/h4-7,11,14H,3,8-10H2,1-2H3. The Labute approximate surface area is 117 Å². The van der Waals surface area contributed by atoms with E-state index in [9.17, 15) is 4.79 Å². The van der Waals surface area contributed by atoms with Gasteiger partial charge in [-0.3, -0.25) is 4.79 Å². The molecule has 1 aliphatic rings. The number of alkyl halides is 1. The summed E-state index contributed by atoms with van der Waals surface area (Å²) in [6, 6.07) is 8.00. The van der Waals surface area contributed by atoms with Crippen molar-refractivity contribution >= 4 is 21.8 Å². The minimum Gasteiger partial charge on any atom is -0.338 e. The molecule has 2 nitrogen and oxygen atoms in total. The average molecular weight is 310 g/mol. The maximum atomic E-state index is 12.4. The highest BCUT2D eigenvalue weighted by atomic mass is 79.9. The van der Waals surface area contributed by atoms with Crippen LogP contribution in [0.5, 0.6) is 0 Å². The number of hydrogen-bond donors (Lipinski definition) is 0. The van der Waals surface area contributed by atoms with Crippen molar-refractivity contribution in [3.8, 4) is 0 Å². The third kappa shape index (κ3) is 2.94. The van der Waals surface area contributed by atoms with E-state index < -0.39 is 0 Å². The molecule has 0 radical (unpaired) electrons. The molecule has 98 valence electrons. The van der Waals surface area contributed by atoms with Crippen molar-refractivity contribution < 1.29 is 4.79 Å². The van der Waals surface area contributed by atoms with Crippen LogP contribution in [0, 0.1) is 5.92 Å². The molecule has 1 aromatic rings. The number of carbonyl (C=O) groups is 1. The molecule has 0 aliphatic carbocycles. The molecule has 1 aliphatic heterocycles. The Kier molecular flexibility index (Phi) is 4.44. The Hall–Kier alpha value is -0.830. The monoisotopic (exact) mass is 309 g/mol. The summed E-state index contributed by atoms with van der Waals surface area (Å²) in [4.78, 5) is 14.9. The Morgan fingerprint density at radius 3 is 2.61 bits per heavy atom. The van der Waals surface area contributed by atoms with Crippen LogP contribution in [0.2, 0.25) is 0 Å². The van der Waals surface area contributed by atoms with Gasteiger partial charge in [-0.25, -0.2) is 0 Å². The zero-order valence-electron chi connectivity index (χ0n) is 11.0. The molecule has 0 bridgehead atoms. The van der Waals surface area contributed by atoms with Crippen LogP contribution >= 0.6 is 15.9 Å². The third-order valence-corrected chi connectivity index (χ3v) is 5.06. The van der Waals surface area contributed by atoms with Crippen LogP contribution in [-0.2, 0) is 6.42 Å². The van der Waals surface area contributed by atoms with Gasteiger partial charge in [-0.1, -0.05) is 41.9 Å². The van der Waals surface area contributed by atoms with Crippen LogP contribution in [0.1, 0.15) is 36.2 Å². The lowest BCUT2D eigenvalue weighted by atomic mass is 9.99. The number of carbonyl (C=O) groups excluding carboxylic acids is 1. The zero-order valence-corrected chi connectivity index (χ0v) is 12.6. The lowest BCUT2D eigenvalue weighted by Crippen LogP contribution is -2.43. The van der Waals surface area contributed by atoms with Gasteiger partial charge in [0, 0.05) is 23.5 Å². The number of benzene rings is 1. The van der Waals surface area contributed by atoms with E-state index in [2.05, 4.69) is 29.8 Å². The van der Waals surface area contributed by atoms with Crippen LogP contribution in [0.25, 0.3) is 0 Å². The minimum absolute atomic E-state index is 0.170. The fraction of sp³-hybridized carbons (Fsp3) is 0.533. The highest BCUT2D eigenvalue weighted by molar-refractivity contribution is 9.09. The van der Waals surface area contributed by atoms with Crippen LogP contribution in [0.3, 0.4) is 0 Å². The van der Waals surface area contributed by atoms with Crippen LogP contribution in [0.15, 0.2) is 24.3 Å². The van der Waals surface area contributed by atoms with Gasteiger partial charge in [0.25, 0.3) is 5.91 Å². The van der Waals surface area contributed by atoms with Gasteiger partial charge >= 0.3 is 0 Å². The maximum Gasteiger partial charge on any atom is 0.253 e. The molecule has 1 heterocycles. The predicted octanol–water partition coefficient (Wildman–Crippen LogP) is 3.49. The molecule has 1 saturated heterocycles. The van der Waals surface area contributed by atoms with Gasteiger partial charge in [-0.15, -0.1) is 0 Å². The number of piperidine rings is 1. The lowest BCUT2D eigenvalue weighted by molar-refractivity contribution is 0.0690. The van der Waals surface area contributed by atoms with Crippen molar-refractivity contribution in [2.75, 3.05) is 13.1 Å². The van der Waals surface area contributed by atoms with E-state index in [0.717, 1.165) is 31.5 Å². The number of nitrogens with zero attached hydrogens (tertiary/aromatic N) is 1. The van der Waals surface area contributed by atoms with Gasteiger partial charge in [0.15, 0.2) is 0 Å². The molecular formula is C15H20BrNO. The summed E-state index contributed by atoms with van der Waals surface area (Å²) in [6.45, 7) is 6.03. The fourth-order valence-corrected chi connectivity index (χ4v) is 2.74. The van der Waals surface area contributed by atoms with Gasteiger partial charge in [-0.2, -0.15) is 0 Å². The minimum atomic E-state index is 0.170. The Balaban J connectivity index is 2.06. The Morgan fingerprint density at radius 2 is 2.06 bits per heavy atom. The van der Waals surface area contributed by atoms with Crippen LogP contribution in [0.4, 0.5) is 0 Å². The van der Waals surface area contributed by atoms with Gasteiger partial charge in [-0.05, 0) is 36.5 Å². The summed E-state index contributed by atoms with van der Waals surface area (Å²) in [7, 11) is 0. The van der Waals surface area contributed by atoms with E-state index in [1.54, 1.807) is 0 Å². The number of halogens is 1. The van der Waals surface area contributed by atoms with Gasteiger partial charge in [0.2, 0.25) is 0 Å². The predicted molar refractivity (Wildman–Crippen MR) is 78.2 cm³/mol. The lowest BCUT2D eigenvalue weighted by Gasteiger charge is -2.34. The van der Waals surface area contributed by atoms with E-state index in [-0.39, 0.29) is 5.91 Å². The Morgan fingerprint density at radius 1 is 1.39 bits per heavy atom. The van der Waals surface area contributed by atoms with Gasteiger partial charge < -0.3 is 4.90 Å². The summed E-state index contributed by atoms with van der Waals surface area (Å²) in [5.41, 5.74) is 2.09. The smallest absolute Gasteiger partial charge is 0.253 e. The number of likely N-dealkylation sites (tertiary alicyclic amines) is 1. The highest BCUT2D eigenvalue weighted by Crippen LogP contribution is 2.24. The molecule has 0 N–H and O–H groups in total. The van der Waals surface area contributed by atoms with Crippen molar-refractivity contribution in [3.05, 3.63) is 35.4 Å². The quantitative estimate of drug-likeness (QED) is 0.766. The summed E-state index contributed by atoms with van der Waals surface area (Å²) in [5, 5.41) is 0. The van der Waals surface area contributed by atoms with E-state index in [4.69, 9.17) is 0 Å². The van der Waals surface area contributed by atoms with E-state index >= 15 is 0 Å². The fourth-order valence-electron chi connectivity index (χ4n) is 2.37. The molecule has 2 unspecified atom stereocenters. The summed E-state index contributed by atoms with van der Waals surface area (Å²) in [5.74, 6) is 0.696. The second-order valence-electron chi connectivity index (χ2n) is 5.08. The largest absolute Gasteiger partial charge is 0.338 e. The SMILES string of the molecule is CCc1ccc(C(=O)N2CCC(Br)C(C)C2)cc1. The van der Waals surface area contributed by atoms with Crippen LogP contribution < -0.4 is 0 Å². The normalized spacial score (nSPS) is 24.1. The first kappa shape index (κ1) is 13.6. The first-order valence-corrected chi connectivity index (χ1v) is 7.55. The number of amides is 1. The Bertz CT molecular complexity index is 415. The van der Waals surface area contributed by atoms with E-state index in [1.807, 2.05) is 29.2 Å². The van der Waals surface area contributed by atoms with Crippen molar-refractivity contribution in [2.24, 2.45) is 5.92 Å². The van der Waals surface area contributed by atoms with Gasteiger partial charge in [0.1, 0.15) is 0 Å². The maximum absolute atomic E-state index is 12.4. The molecule has 1 fully saturated rings. The molecule has 0 aromatic heterocycles. The molecular weight excluding hydrogens is 290 g/mol. The van der Waals surface area contributed by atoms with Crippen molar-refractivity contribution in [1.82, 2.24) is 4.90 Å². The second-order valence-corrected chi connectivity index (χ2v) is 6.26. The zero-order chi connectivity index (χ0) is 13.1. The molecule has 1 aromatic carbocycles. The summed E-state index contributed by atoms with van der Waals surface area (Å²) in [6.07, 6.45) is 2.06. The molecule has 2 rings (SSSR count). The molecule has 2 atom stereocenters. The summed E-state index contributed by atoms with van der Waals surface area (Å²) >= 11 is 3.67. The van der Waals surface area contributed by atoms with E-state index in [1.165, 1.54) is 5.56 Å². The van der Waals surface area contributed by atoms with Crippen molar-refractivity contribution in [3.63, 3.8) is 0 Å². The molecule has 0 saturated carbocycles. The van der Waals surface area contributed by atoms with Gasteiger partial charge in [0.05, 0.1) is 0 Å². The number of rotatable bonds is 2. The highest BCUT2D eigenvalue weighted by Gasteiger charge is 2.27. The average Bonchev–Trinajstić information content (AvgIpc) is 2.41. The molecule has 0 spiro atoms.